The van der Waals surface area contributed by atoms with E-state index in [2.05, 4.69) is 44.0 Å². The van der Waals surface area contributed by atoms with Crippen LogP contribution in [0, 0.1) is 0 Å². The van der Waals surface area contributed by atoms with Crippen LogP contribution in [0.3, 0.4) is 0 Å². The van der Waals surface area contributed by atoms with E-state index in [1.807, 2.05) is 21.0 Å². The molecule has 0 radical (unpaired) electrons. The molecular formula is C13H18BrN3. The molecule has 0 bridgehead atoms. The van der Waals surface area contributed by atoms with Gasteiger partial charge in [0.15, 0.2) is 0 Å². The minimum atomic E-state index is 0.163. The zero-order valence-electron chi connectivity index (χ0n) is 10.4. The average molecular weight is 296 g/mol. The smallest absolute Gasteiger partial charge is 0.109 e. The van der Waals surface area contributed by atoms with Gasteiger partial charge in [0.1, 0.15) is 5.82 Å². The van der Waals surface area contributed by atoms with Crippen LogP contribution in [0.15, 0.2) is 22.7 Å². The number of aromatic amines is 1. The molecule has 3 N–H and O–H groups in total. The molecule has 0 aliphatic heterocycles. The molecule has 0 saturated heterocycles. The van der Waals surface area contributed by atoms with Crippen LogP contribution in [-0.2, 0) is 6.42 Å². The third kappa shape index (κ3) is 2.48. The van der Waals surface area contributed by atoms with Gasteiger partial charge >= 0.3 is 0 Å². The van der Waals surface area contributed by atoms with Crippen molar-refractivity contribution in [3.05, 3.63) is 28.2 Å². The lowest BCUT2D eigenvalue weighted by Crippen LogP contribution is -2.20. The second-order valence-electron chi connectivity index (χ2n) is 4.72. The Balaban J connectivity index is 2.62. The van der Waals surface area contributed by atoms with Crippen molar-refractivity contribution in [2.24, 2.45) is 5.73 Å². The molecule has 2 aromatic rings. The molecule has 2 rings (SSSR count). The number of rotatable bonds is 3. The molecule has 1 unspecified atom stereocenters. The molecule has 0 aliphatic rings. The number of aromatic nitrogens is 1. The van der Waals surface area contributed by atoms with Crippen molar-refractivity contribution >= 4 is 32.7 Å². The van der Waals surface area contributed by atoms with E-state index in [-0.39, 0.29) is 6.04 Å². The molecular weight excluding hydrogens is 278 g/mol. The summed E-state index contributed by atoms with van der Waals surface area (Å²) in [5, 5.41) is 1.26. The van der Waals surface area contributed by atoms with Crippen molar-refractivity contribution in [3.8, 4) is 0 Å². The van der Waals surface area contributed by atoms with E-state index in [9.17, 15) is 0 Å². The van der Waals surface area contributed by atoms with Gasteiger partial charge in [0, 0.05) is 41.1 Å². The second-order valence-corrected chi connectivity index (χ2v) is 5.63. The number of hydrogen-bond acceptors (Lipinski definition) is 2. The van der Waals surface area contributed by atoms with E-state index >= 15 is 0 Å². The van der Waals surface area contributed by atoms with Crippen LogP contribution in [0.4, 0.5) is 5.82 Å². The molecule has 92 valence electrons. The Labute approximate surface area is 110 Å². The fourth-order valence-electron chi connectivity index (χ4n) is 2.12. The zero-order valence-corrected chi connectivity index (χ0v) is 12.0. The van der Waals surface area contributed by atoms with E-state index in [4.69, 9.17) is 5.73 Å². The Morgan fingerprint density at radius 3 is 2.71 bits per heavy atom. The lowest BCUT2D eigenvalue weighted by Gasteiger charge is -2.14. The van der Waals surface area contributed by atoms with Gasteiger partial charge in [0.05, 0.1) is 0 Å². The Hall–Kier alpha value is -1.000. The van der Waals surface area contributed by atoms with Gasteiger partial charge in [-0.05, 0) is 25.5 Å². The summed E-state index contributed by atoms with van der Waals surface area (Å²) in [6.45, 7) is 2.04. The Kier molecular flexibility index (Phi) is 3.45. The number of halogens is 1. The Morgan fingerprint density at radius 2 is 2.12 bits per heavy atom. The summed E-state index contributed by atoms with van der Waals surface area (Å²) in [6, 6.07) is 6.48. The number of H-pyrrole nitrogens is 1. The summed E-state index contributed by atoms with van der Waals surface area (Å²) in [6.07, 6.45) is 0.884. The van der Waals surface area contributed by atoms with Crippen molar-refractivity contribution < 1.29 is 0 Å². The molecule has 1 atom stereocenters. The van der Waals surface area contributed by atoms with Crippen LogP contribution in [-0.4, -0.2) is 25.1 Å². The second kappa shape index (κ2) is 4.70. The van der Waals surface area contributed by atoms with Crippen LogP contribution in [0.1, 0.15) is 12.5 Å². The van der Waals surface area contributed by atoms with Crippen LogP contribution in [0.25, 0.3) is 10.9 Å². The molecule has 0 aliphatic carbocycles. The fraction of sp³-hybridized carbons (Fsp3) is 0.385. The SMILES string of the molecule is CC(N)Cc1c(N(C)C)[nH]c2cc(Br)ccc12. The minimum absolute atomic E-state index is 0.163. The topological polar surface area (TPSA) is 45.0 Å². The van der Waals surface area contributed by atoms with Crippen LogP contribution in [0.2, 0.25) is 0 Å². The highest BCUT2D eigenvalue weighted by Gasteiger charge is 2.14. The predicted molar refractivity (Wildman–Crippen MR) is 77.7 cm³/mol. The third-order valence-corrected chi connectivity index (χ3v) is 3.31. The van der Waals surface area contributed by atoms with Crippen LogP contribution < -0.4 is 10.6 Å². The number of anilines is 1. The van der Waals surface area contributed by atoms with Gasteiger partial charge in [-0.15, -0.1) is 0 Å². The number of nitrogens with one attached hydrogen (secondary N) is 1. The first kappa shape index (κ1) is 12.5. The molecule has 1 aromatic heterocycles. The standard InChI is InChI=1S/C13H18BrN3/c1-8(15)6-11-10-5-4-9(14)7-12(10)16-13(11)17(2)3/h4-5,7-8,16H,6,15H2,1-3H3. The van der Waals surface area contributed by atoms with Crippen molar-refractivity contribution in [3.63, 3.8) is 0 Å². The highest BCUT2D eigenvalue weighted by molar-refractivity contribution is 9.10. The van der Waals surface area contributed by atoms with Crippen molar-refractivity contribution in [1.82, 2.24) is 4.98 Å². The molecule has 1 aromatic carbocycles. The first-order valence-electron chi connectivity index (χ1n) is 5.72. The molecule has 17 heavy (non-hydrogen) atoms. The maximum atomic E-state index is 5.93. The normalized spacial score (nSPS) is 13.0. The zero-order chi connectivity index (χ0) is 12.6. The number of nitrogens with zero attached hydrogens (tertiary/aromatic N) is 1. The maximum absolute atomic E-state index is 5.93. The summed E-state index contributed by atoms with van der Waals surface area (Å²) < 4.78 is 1.09. The lowest BCUT2D eigenvalue weighted by atomic mass is 10.1. The van der Waals surface area contributed by atoms with Gasteiger partial charge in [-0.3, -0.25) is 0 Å². The van der Waals surface area contributed by atoms with Gasteiger partial charge in [-0.2, -0.15) is 0 Å². The van der Waals surface area contributed by atoms with Gasteiger partial charge in [-0.25, -0.2) is 0 Å². The summed E-state index contributed by atoms with van der Waals surface area (Å²) in [5.74, 6) is 1.15. The van der Waals surface area contributed by atoms with Crippen molar-refractivity contribution in [1.29, 1.82) is 0 Å². The average Bonchev–Trinajstić information content (AvgIpc) is 2.55. The van der Waals surface area contributed by atoms with Gasteiger partial charge in [0.25, 0.3) is 0 Å². The number of hydrogen-bond donors (Lipinski definition) is 2. The Morgan fingerprint density at radius 1 is 1.41 bits per heavy atom. The predicted octanol–water partition coefficient (Wildman–Crippen LogP) is 2.89. The largest absolute Gasteiger partial charge is 0.364 e. The maximum Gasteiger partial charge on any atom is 0.109 e. The molecule has 0 spiro atoms. The fourth-order valence-corrected chi connectivity index (χ4v) is 2.49. The number of fused-ring (bicyclic) bond motifs is 1. The third-order valence-electron chi connectivity index (χ3n) is 2.82. The number of nitrogens with two attached hydrogens (primary N) is 1. The summed E-state index contributed by atoms with van der Waals surface area (Å²) >= 11 is 3.50. The van der Waals surface area contributed by atoms with E-state index in [0.717, 1.165) is 22.2 Å². The number of benzene rings is 1. The van der Waals surface area contributed by atoms with Crippen molar-refractivity contribution in [2.45, 2.75) is 19.4 Å². The summed E-state index contributed by atoms with van der Waals surface area (Å²) in [4.78, 5) is 5.55. The molecule has 1 heterocycles. The molecule has 4 heteroatoms. The van der Waals surface area contributed by atoms with E-state index in [1.165, 1.54) is 10.9 Å². The summed E-state index contributed by atoms with van der Waals surface area (Å²) in [7, 11) is 4.09. The highest BCUT2D eigenvalue weighted by Crippen LogP contribution is 2.30. The first-order valence-corrected chi connectivity index (χ1v) is 6.51. The lowest BCUT2D eigenvalue weighted by molar-refractivity contribution is 0.740. The van der Waals surface area contributed by atoms with Crippen LogP contribution in [0.5, 0.6) is 0 Å². The minimum Gasteiger partial charge on any atom is -0.364 e. The van der Waals surface area contributed by atoms with E-state index in [1.54, 1.807) is 0 Å². The monoisotopic (exact) mass is 295 g/mol. The highest BCUT2D eigenvalue weighted by atomic mass is 79.9. The van der Waals surface area contributed by atoms with Gasteiger partial charge in [-0.1, -0.05) is 22.0 Å². The van der Waals surface area contributed by atoms with Crippen LogP contribution >= 0.6 is 15.9 Å². The van der Waals surface area contributed by atoms with E-state index < -0.39 is 0 Å². The molecule has 0 fully saturated rings. The Bertz CT molecular complexity index is 529. The molecule has 0 saturated carbocycles. The molecule has 3 nitrogen and oxygen atoms in total. The quantitative estimate of drug-likeness (QED) is 0.914. The molecule has 0 amide bonds. The van der Waals surface area contributed by atoms with E-state index in [0.29, 0.717) is 0 Å². The summed E-state index contributed by atoms with van der Waals surface area (Å²) in [5.41, 5.74) is 8.38. The first-order chi connectivity index (χ1) is 7.99. The van der Waals surface area contributed by atoms with Gasteiger partial charge in [0.2, 0.25) is 0 Å². The van der Waals surface area contributed by atoms with Crippen molar-refractivity contribution in [2.75, 3.05) is 19.0 Å². The van der Waals surface area contributed by atoms with Gasteiger partial charge < -0.3 is 15.6 Å².